The van der Waals surface area contributed by atoms with E-state index in [-0.39, 0.29) is 4.70 Å². The zero-order valence-corrected chi connectivity index (χ0v) is 35.1. The Kier molecular flexibility index (Phi) is 4.81. The quantitative estimate of drug-likeness (QED) is 0.110. The van der Waals surface area contributed by atoms with E-state index < -0.39 is 10.8 Å². The number of ether oxygens (including phenoxy) is 1. The molecule has 8 aromatic carbocycles. The van der Waals surface area contributed by atoms with Gasteiger partial charge in [0.15, 0.2) is 12.4 Å². The zero-order chi connectivity index (χ0) is 42.2. The summed E-state index contributed by atoms with van der Waals surface area (Å²) in [7, 11) is 0. The molecule has 66 heavy (non-hydrogen) atoms. The highest BCUT2D eigenvalue weighted by Gasteiger charge is 2.71. The summed E-state index contributed by atoms with van der Waals surface area (Å²) in [6.07, 6.45) is 4.69. The van der Waals surface area contributed by atoms with Gasteiger partial charge in [0.1, 0.15) is 11.0 Å². The molecule has 0 radical (unpaired) electrons. The van der Waals surface area contributed by atoms with Crippen molar-refractivity contribution in [1.82, 2.24) is 13.8 Å². The average molecular weight is 839 g/mol. The van der Waals surface area contributed by atoms with Crippen molar-refractivity contribution in [2.24, 2.45) is 0 Å². The van der Waals surface area contributed by atoms with Gasteiger partial charge in [0.2, 0.25) is 22.7 Å². The fourth-order valence-corrected chi connectivity index (χ4v) is 15.2. The van der Waals surface area contributed by atoms with E-state index in [4.69, 9.17) is 4.74 Å². The van der Waals surface area contributed by atoms with Crippen LogP contribution in [0.25, 0.3) is 77.5 Å². The lowest BCUT2D eigenvalue weighted by Crippen LogP contribution is -2.87. The normalized spacial score (nSPS) is 18.1. The molecule has 6 nitrogen and oxygen atoms in total. The summed E-state index contributed by atoms with van der Waals surface area (Å²) in [6.45, 7) is 0. The number of hydrogen-bond acceptors (Lipinski definition) is 1. The predicted molar refractivity (Wildman–Crippen MR) is 256 cm³/mol. The van der Waals surface area contributed by atoms with E-state index >= 15 is 0 Å². The largest absolute Gasteiger partial charge is 0.444 e. The first kappa shape index (κ1) is 32.1. The van der Waals surface area contributed by atoms with Crippen LogP contribution in [0.3, 0.4) is 0 Å². The Labute approximate surface area is 376 Å². The molecule has 0 saturated carbocycles. The molecule has 9 heterocycles. The van der Waals surface area contributed by atoms with Gasteiger partial charge in [0.25, 0.3) is 0 Å². The number of quaternary nitrogens is 1. The molecule has 12 aromatic rings. The molecule has 1 unspecified atom stereocenters. The summed E-state index contributed by atoms with van der Waals surface area (Å²) in [5.74, 6) is 2.91. The van der Waals surface area contributed by atoms with Crippen LogP contribution in [-0.2, 0) is 10.8 Å². The number of para-hydroxylation sites is 2. The number of hydrogen-bond donors (Lipinski definition) is 0. The SMILES string of the molecule is c1ccc2c(c1)-c1ccccc1C21c2ccc[n+]3c2-n2c4c1cccc4c1ccc4c(c12)[N+]31c2c(ccc3c2-n2c5c(cccc5c5ccc[n+]1c52)C31c2ccccc2-c2ccccc21)O4. The van der Waals surface area contributed by atoms with E-state index in [2.05, 4.69) is 213 Å². The molecule has 0 N–H and O–H groups in total. The summed E-state index contributed by atoms with van der Waals surface area (Å²) in [5.41, 5.74) is 22.9. The Balaban J connectivity index is 1.09. The highest BCUT2D eigenvalue weighted by Crippen LogP contribution is 2.68. The Hall–Kier alpha value is -8.58. The minimum Gasteiger partial charge on any atom is -0.444 e. The molecular weight excluding hydrogens is 807 g/mol. The Bertz CT molecular complexity index is 4380. The van der Waals surface area contributed by atoms with Crippen molar-refractivity contribution in [1.29, 1.82) is 0 Å². The van der Waals surface area contributed by atoms with Crippen molar-refractivity contribution < 1.29 is 14.1 Å². The summed E-state index contributed by atoms with van der Waals surface area (Å²) in [6, 6.07) is 69.3. The number of pyridine rings is 2. The fraction of sp³-hybridized carbons (Fsp3) is 0.0333. The van der Waals surface area contributed by atoms with Gasteiger partial charge in [-0.05, 0) is 115 Å². The summed E-state index contributed by atoms with van der Waals surface area (Å²) in [5, 5.41) is 4.97. The van der Waals surface area contributed by atoms with Crippen molar-refractivity contribution >= 4 is 55.1 Å². The number of aromatic nitrogens is 4. The van der Waals surface area contributed by atoms with Crippen molar-refractivity contribution in [2.75, 3.05) is 0 Å². The smallest absolute Gasteiger partial charge is 0.350 e. The zero-order valence-electron chi connectivity index (χ0n) is 35.1. The molecule has 0 amide bonds. The standard InChI is InChI=1S/C60H32N5O/c1-5-20-41-33(13-1)34-14-2-6-21-42(34)59(41)45-24-10-18-38-40-19-11-31-61-57(40)64(52(38)45)54-47(59)28-30-50-56(54)65(61)55-49(66-50)29-27-39-37-17-9-25-46-51(37)63(53(39)55)58-48(26-12-32-62(58)65)60(46)43-22-7-3-15-35(43)36-16-4-8-23-44(36)60/h1-32H/q+3. The third-order valence-corrected chi connectivity index (χ3v) is 17.1. The van der Waals surface area contributed by atoms with Crippen LogP contribution >= 0.6 is 0 Å². The Morgan fingerprint density at radius 1 is 0.364 bits per heavy atom. The van der Waals surface area contributed by atoms with Crippen LogP contribution < -0.4 is 18.8 Å². The number of fused-ring (bicyclic) bond motifs is 16. The van der Waals surface area contributed by atoms with Crippen LogP contribution in [0.1, 0.15) is 44.5 Å². The fourth-order valence-electron chi connectivity index (χ4n) is 15.2. The molecule has 5 aliphatic heterocycles. The molecule has 2 aliphatic carbocycles. The molecule has 3 spiro atoms. The van der Waals surface area contributed by atoms with Gasteiger partial charge in [-0.3, -0.25) is 0 Å². The van der Waals surface area contributed by atoms with Crippen LogP contribution in [0, 0.1) is 0 Å². The van der Waals surface area contributed by atoms with Gasteiger partial charge >= 0.3 is 22.8 Å². The van der Waals surface area contributed by atoms with E-state index in [0.717, 1.165) is 22.9 Å². The molecule has 300 valence electrons. The van der Waals surface area contributed by atoms with Crippen molar-refractivity contribution in [3.63, 3.8) is 0 Å². The first-order valence-corrected chi connectivity index (χ1v) is 23.1. The van der Waals surface area contributed by atoms with Gasteiger partial charge in [-0.1, -0.05) is 121 Å². The molecule has 19 rings (SSSR count). The molecule has 6 heteroatoms. The second kappa shape index (κ2) is 9.88. The van der Waals surface area contributed by atoms with Gasteiger partial charge in [-0.25, -0.2) is 0 Å². The molecule has 4 aromatic heterocycles. The van der Waals surface area contributed by atoms with E-state index in [1.807, 2.05) is 0 Å². The second-order valence-electron chi connectivity index (χ2n) is 19.3. The predicted octanol–water partition coefficient (Wildman–Crippen LogP) is 12.1. The first-order valence-electron chi connectivity index (χ1n) is 23.1. The van der Waals surface area contributed by atoms with Crippen LogP contribution in [0.5, 0.6) is 11.5 Å². The maximum absolute atomic E-state index is 7.42. The average Bonchev–Trinajstić information content (AvgIpc) is 4.09. The van der Waals surface area contributed by atoms with E-state index in [0.29, 0.717) is 0 Å². The highest BCUT2D eigenvalue weighted by atomic mass is 16.5. The van der Waals surface area contributed by atoms with Gasteiger partial charge in [-0.2, -0.15) is 9.13 Å². The topological polar surface area (TPSA) is 26.8 Å². The Morgan fingerprint density at radius 2 is 0.848 bits per heavy atom. The highest BCUT2D eigenvalue weighted by molar-refractivity contribution is 6.18. The van der Waals surface area contributed by atoms with E-state index in [9.17, 15) is 0 Å². The summed E-state index contributed by atoms with van der Waals surface area (Å²) in [4.78, 5) is 0. The van der Waals surface area contributed by atoms with E-state index in [1.165, 1.54) is 122 Å². The van der Waals surface area contributed by atoms with Crippen LogP contribution in [0.2, 0.25) is 0 Å². The van der Waals surface area contributed by atoms with Crippen molar-refractivity contribution in [2.45, 2.75) is 10.8 Å². The number of nitrogens with zero attached hydrogens (tertiary/aromatic N) is 5. The summed E-state index contributed by atoms with van der Waals surface area (Å²) < 4.78 is 18.1. The Morgan fingerprint density at radius 3 is 1.52 bits per heavy atom. The summed E-state index contributed by atoms with van der Waals surface area (Å²) >= 11 is 0. The lowest BCUT2D eigenvalue weighted by atomic mass is 9.65. The van der Waals surface area contributed by atoms with Gasteiger partial charge in [0.05, 0.1) is 26.5 Å². The molecular formula is C60H32N5O+3. The monoisotopic (exact) mass is 838 g/mol. The first-order chi connectivity index (χ1) is 32.8. The van der Waals surface area contributed by atoms with Crippen LogP contribution in [0.4, 0.5) is 11.4 Å². The van der Waals surface area contributed by atoms with Crippen LogP contribution in [0.15, 0.2) is 194 Å². The van der Waals surface area contributed by atoms with Crippen LogP contribution in [-0.4, -0.2) is 9.13 Å². The van der Waals surface area contributed by atoms with Crippen molar-refractivity contribution in [3.05, 3.63) is 239 Å². The minimum atomic E-state index is -0.582. The number of rotatable bonds is 0. The third kappa shape index (κ3) is 2.82. The molecule has 0 saturated heterocycles. The molecule has 0 fully saturated rings. The molecule has 0 bridgehead atoms. The van der Waals surface area contributed by atoms with E-state index in [1.54, 1.807) is 0 Å². The maximum Gasteiger partial charge on any atom is 0.350 e. The second-order valence-corrected chi connectivity index (χ2v) is 19.3. The van der Waals surface area contributed by atoms with Gasteiger partial charge in [-0.15, -0.1) is 0 Å². The lowest BCUT2D eigenvalue weighted by molar-refractivity contribution is -1.03. The minimum absolute atomic E-state index is 0.266. The van der Waals surface area contributed by atoms with Gasteiger partial charge in [0, 0.05) is 32.8 Å². The number of benzene rings is 8. The van der Waals surface area contributed by atoms with Gasteiger partial charge < -0.3 is 4.74 Å². The lowest BCUT2D eigenvalue weighted by Gasteiger charge is -2.43. The van der Waals surface area contributed by atoms with Crippen molar-refractivity contribution in [3.8, 4) is 45.3 Å². The molecule has 7 aliphatic rings. The maximum atomic E-state index is 7.42. The third-order valence-electron chi connectivity index (χ3n) is 17.1. The molecule has 1 atom stereocenters.